The third kappa shape index (κ3) is 2.65. The van der Waals surface area contributed by atoms with E-state index >= 15 is 0 Å². The van der Waals surface area contributed by atoms with Crippen molar-refractivity contribution in [3.05, 3.63) is 53.1 Å². The molecule has 1 aliphatic heterocycles. The Morgan fingerprint density at radius 3 is 2.43 bits per heavy atom. The van der Waals surface area contributed by atoms with E-state index in [-0.39, 0.29) is 5.91 Å². The number of carbonyl (C=O) groups is 1. The van der Waals surface area contributed by atoms with E-state index in [4.69, 9.17) is 0 Å². The number of hydrogen-bond donors (Lipinski definition) is 0. The number of benzene rings is 1. The van der Waals surface area contributed by atoms with E-state index in [1.807, 2.05) is 18.7 Å². The van der Waals surface area contributed by atoms with E-state index in [1.54, 1.807) is 0 Å². The number of carbonyl (C=O) groups excluding carboxylic acids is 1. The van der Waals surface area contributed by atoms with Crippen LogP contribution in [0, 0.1) is 17.8 Å². The van der Waals surface area contributed by atoms with Crippen LogP contribution >= 0.6 is 0 Å². The predicted octanol–water partition coefficient (Wildman–Crippen LogP) is 4.51. The van der Waals surface area contributed by atoms with Crippen LogP contribution < -0.4 is 4.90 Å². The van der Waals surface area contributed by atoms with Crippen LogP contribution in [-0.4, -0.2) is 12.5 Å². The number of fused-ring (bicyclic) bond motifs is 2. The molecule has 2 aliphatic carbocycles. The smallest absolute Gasteiger partial charge is 0.254 e. The van der Waals surface area contributed by atoms with Gasteiger partial charge in [-0.15, -0.1) is 0 Å². The molecule has 4 rings (SSSR count). The van der Waals surface area contributed by atoms with Crippen LogP contribution in [0.5, 0.6) is 0 Å². The van der Waals surface area contributed by atoms with E-state index in [1.165, 1.54) is 30.4 Å². The van der Waals surface area contributed by atoms with Crippen LogP contribution in [-0.2, 0) is 11.2 Å². The molecule has 3 atom stereocenters. The molecule has 2 heteroatoms. The van der Waals surface area contributed by atoms with Gasteiger partial charge in [-0.2, -0.15) is 0 Å². The molecule has 23 heavy (non-hydrogen) atoms. The first-order valence-corrected chi connectivity index (χ1v) is 8.87. The average molecular weight is 307 g/mol. The van der Waals surface area contributed by atoms with Gasteiger partial charge >= 0.3 is 0 Å². The molecule has 0 spiro atoms. The summed E-state index contributed by atoms with van der Waals surface area (Å²) < 4.78 is 0. The minimum absolute atomic E-state index is 0.156. The highest BCUT2D eigenvalue weighted by Gasteiger charge is 2.34. The number of amides is 1. The lowest BCUT2D eigenvalue weighted by molar-refractivity contribution is -0.114. The normalized spacial score (nSPS) is 29.2. The minimum Gasteiger partial charge on any atom is -0.305 e. The molecular weight excluding hydrogens is 282 g/mol. The maximum absolute atomic E-state index is 12.2. The molecule has 0 saturated heterocycles. The highest BCUT2D eigenvalue weighted by molar-refractivity contribution is 6.08. The zero-order chi connectivity index (χ0) is 16.0. The molecule has 1 saturated carbocycles. The maximum Gasteiger partial charge on any atom is 0.254 e. The number of hydrogen-bond acceptors (Lipinski definition) is 1. The number of rotatable bonds is 4. The molecule has 3 unspecified atom stereocenters. The van der Waals surface area contributed by atoms with Gasteiger partial charge in [0.15, 0.2) is 0 Å². The van der Waals surface area contributed by atoms with Crippen molar-refractivity contribution in [2.75, 3.05) is 11.4 Å². The Balaban J connectivity index is 1.37. The van der Waals surface area contributed by atoms with Crippen molar-refractivity contribution in [1.29, 1.82) is 0 Å². The average Bonchev–Trinajstić information content (AvgIpc) is 3.25. The topological polar surface area (TPSA) is 20.3 Å². The van der Waals surface area contributed by atoms with Gasteiger partial charge in [-0.3, -0.25) is 4.79 Å². The Morgan fingerprint density at radius 1 is 1.09 bits per heavy atom. The quantitative estimate of drug-likeness (QED) is 0.749. The van der Waals surface area contributed by atoms with Crippen LogP contribution in [0.25, 0.3) is 0 Å². The van der Waals surface area contributed by atoms with Crippen molar-refractivity contribution in [3.8, 4) is 0 Å². The molecular formula is C21H25NO. The Morgan fingerprint density at radius 2 is 1.87 bits per heavy atom. The summed E-state index contributed by atoms with van der Waals surface area (Å²) in [5.74, 6) is 2.76. The predicted molar refractivity (Wildman–Crippen MR) is 94.3 cm³/mol. The fourth-order valence-corrected chi connectivity index (χ4v) is 4.44. The van der Waals surface area contributed by atoms with Crippen molar-refractivity contribution in [1.82, 2.24) is 0 Å². The summed E-state index contributed by atoms with van der Waals surface area (Å²) in [6, 6.07) is 8.63. The van der Waals surface area contributed by atoms with Crippen molar-refractivity contribution >= 4 is 11.6 Å². The van der Waals surface area contributed by atoms with E-state index in [2.05, 4.69) is 36.4 Å². The number of anilines is 1. The monoisotopic (exact) mass is 307 g/mol. The second kappa shape index (κ2) is 5.67. The first kappa shape index (κ1) is 14.7. The van der Waals surface area contributed by atoms with Crippen LogP contribution in [0.4, 0.5) is 5.69 Å². The Kier molecular flexibility index (Phi) is 3.63. The van der Waals surface area contributed by atoms with Crippen LogP contribution in [0.15, 0.2) is 47.6 Å². The summed E-state index contributed by atoms with van der Waals surface area (Å²) in [5, 5.41) is 0. The van der Waals surface area contributed by atoms with Gasteiger partial charge in [0.2, 0.25) is 0 Å². The first-order valence-electron chi connectivity index (χ1n) is 8.87. The molecule has 1 aromatic rings. The molecule has 2 nitrogen and oxygen atoms in total. The second-order valence-corrected chi connectivity index (χ2v) is 7.54. The lowest BCUT2D eigenvalue weighted by atomic mass is 9.88. The van der Waals surface area contributed by atoms with E-state index in [0.717, 1.165) is 42.0 Å². The third-order valence-electron chi connectivity index (χ3n) is 6.07. The van der Waals surface area contributed by atoms with Gasteiger partial charge < -0.3 is 4.90 Å². The SMILES string of the molecule is CC1=C(C)C(=O)N(c2ccc(CCC3CC4C=CC3C4)cc2)C1. The molecule has 0 radical (unpaired) electrons. The largest absolute Gasteiger partial charge is 0.305 e. The van der Waals surface area contributed by atoms with Crippen molar-refractivity contribution in [2.45, 2.75) is 39.5 Å². The molecule has 1 amide bonds. The van der Waals surface area contributed by atoms with Crippen LogP contribution in [0.1, 0.15) is 38.7 Å². The zero-order valence-corrected chi connectivity index (χ0v) is 14.1. The van der Waals surface area contributed by atoms with Gasteiger partial charge in [0.05, 0.1) is 0 Å². The van der Waals surface area contributed by atoms with Crippen LogP contribution in [0.3, 0.4) is 0 Å². The molecule has 0 aromatic heterocycles. The fraction of sp³-hybridized carbons (Fsp3) is 0.476. The summed E-state index contributed by atoms with van der Waals surface area (Å²) >= 11 is 0. The zero-order valence-electron chi connectivity index (χ0n) is 14.1. The number of nitrogens with zero attached hydrogens (tertiary/aromatic N) is 1. The van der Waals surface area contributed by atoms with Gasteiger partial charge in [-0.25, -0.2) is 0 Å². The summed E-state index contributed by atoms with van der Waals surface area (Å²) in [7, 11) is 0. The second-order valence-electron chi connectivity index (χ2n) is 7.54. The maximum atomic E-state index is 12.2. The minimum atomic E-state index is 0.156. The van der Waals surface area contributed by atoms with E-state index in [0.29, 0.717) is 0 Å². The number of aryl methyl sites for hydroxylation is 1. The van der Waals surface area contributed by atoms with Gasteiger partial charge in [-0.05, 0) is 80.6 Å². The summed E-state index contributed by atoms with van der Waals surface area (Å²) in [4.78, 5) is 14.1. The van der Waals surface area contributed by atoms with Crippen molar-refractivity contribution in [2.24, 2.45) is 17.8 Å². The van der Waals surface area contributed by atoms with Gasteiger partial charge in [-0.1, -0.05) is 24.3 Å². The summed E-state index contributed by atoms with van der Waals surface area (Å²) in [6.07, 6.45) is 10.1. The highest BCUT2D eigenvalue weighted by atomic mass is 16.2. The van der Waals surface area contributed by atoms with Crippen molar-refractivity contribution < 1.29 is 4.79 Å². The summed E-state index contributed by atoms with van der Waals surface area (Å²) in [6.45, 7) is 4.71. The van der Waals surface area contributed by atoms with Crippen LogP contribution in [0.2, 0.25) is 0 Å². The summed E-state index contributed by atoms with van der Waals surface area (Å²) in [5.41, 5.74) is 4.51. The van der Waals surface area contributed by atoms with Gasteiger partial charge in [0.25, 0.3) is 5.91 Å². The van der Waals surface area contributed by atoms with E-state index < -0.39 is 0 Å². The van der Waals surface area contributed by atoms with Gasteiger partial charge in [0, 0.05) is 17.8 Å². The Bertz CT molecular complexity index is 682. The van der Waals surface area contributed by atoms with E-state index in [9.17, 15) is 4.79 Å². The molecule has 1 fully saturated rings. The molecule has 2 bridgehead atoms. The standard InChI is InChI=1S/C21H25NO/c1-14-13-22(21(23)15(14)2)20-9-5-16(6-10-20)3-7-18-11-17-4-8-19(18)12-17/h4-6,8-10,17-19H,3,7,11-13H2,1-2H3. The molecule has 1 heterocycles. The molecule has 1 aromatic carbocycles. The number of allylic oxidation sites excluding steroid dienone is 2. The lowest BCUT2D eigenvalue weighted by Crippen LogP contribution is -2.26. The molecule has 0 N–H and O–H groups in total. The third-order valence-corrected chi connectivity index (χ3v) is 6.07. The molecule has 3 aliphatic rings. The van der Waals surface area contributed by atoms with Gasteiger partial charge in [0.1, 0.15) is 0 Å². The Hall–Kier alpha value is -1.83. The molecule has 120 valence electrons. The first-order chi connectivity index (χ1) is 11.1. The lowest BCUT2D eigenvalue weighted by Gasteiger charge is -2.19. The van der Waals surface area contributed by atoms with Crippen molar-refractivity contribution in [3.63, 3.8) is 0 Å². The highest BCUT2D eigenvalue weighted by Crippen LogP contribution is 2.45. The fourth-order valence-electron chi connectivity index (χ4n) is 4.44. The Labute approximate surface area is 138 Å².